The molecule has 1 aromatic rings. The quantitative estimate of drug-likeness (QED) is 0.627. The van der Waals surface area contributed by atoms with Gasteiger partial charge in [-0.05, 0) is 89.2 Å². The van der Waals surface area contributed by atoms with Crippen molar-refractivity contribution < 1.29 is 14.3 Å². The van der Waals surface area contributed by atoms with E-state index in [1.54, 1.807) is 0 Å². The lowest BCUT2D eigenvalue weighted by atomic mass is 9.99. The number of carbonyl (C=O) groups excluding carboxylic acids is 1. The van der Waals surface area contributed by atoms with Gasteiger partial charge in [-0.3, -0.25) is 4.79 Å². The first-order valence-corrected chi connectivity index (χ1v) is 10.5. The Hall–Kier alpha value is -1.59. The molecule has 0 radical (unpaired) electrons. The molecule has 2 fully saturated rings. The number of piperidine rings is 1. The van der Waals surface area contributed by atoms with E-state index in [9.17, 15) is 4.79 Å². The maximum Gasteiger partial charge on any atom is 0.256 e. The average Bonchev–Trinajstić information content (AvgIpc) is 3.53. The lowest BCUT2D eigenvalue weighted by Crippen LogP contribution is -2.44. The fourth-order valence-corrected chi connectivity index (χ4v) is 3.85. The zero-order valence-electron chi connectivity index (χ0n) is 16.8. The fourth-order valence-electron chi connectivity index (χ4n) is 3.85. The molecule has 5 nitrogen and oxygen atoms in total. The van der Waals surface area contributed by atoms with Crippen LogP contribution in [-0.4, -0.2) is 49.3 Å². The van der Waals surface area contributed by atoms with Gasteiger partial charge in [0.15, 0.2) is 0 Å². The summed E-state index contributed by atoms with van der Waals surface area (Å²) in [6.45, 7) is 8.70. The van der Waals surface area contributed by atoms with Crippen molar-refractivity contribution in [3.05, 3.63) is 24.3 Å². The summed E-state index contributed by atoms with van der Waals surface area (Å²) in [5, 5.41) is 3.00. The van der Waals surface area contributed by atoms with E-state index in [-0.39, 0.29) is 5.91 Å². The van der Waals surface area contributed by atoms with E-state index in [2.05, 4.69) is 10.2 Å². The molecule has 1 saturated heterocycles. The van der Waals surface area contributed by atoms with Crippen LogP contribution in [0.15, 0.2) is 24.3 Å². The zero-order chi connectivity index (χ0) is 19.1. The van der Waals surface area contributed by atoms with Crippen molar-refractivity contribution in [3.8, 4) is 5.75 Å². The van der Waals surface area contributed by atoms with E-state index in [1.807, 2.05) is 38.1 Å². The van der Waals surface area contributed by atoms with Crippen LogP contribution in [0.5, 0.6) is 5.75 Å². The van der Waals surface area contributed by atoms with Crippen LogP contribution in [0.4, 0.5) is 5.69 Å². The first kappa shape index (κ1) is 20.2. The normalized spacial score (nSPS) is 20.1. The van der Waals surface area contributed by atoms with E-state index in [0.717, 1.165) is 43.9 Å². The molecule has 150 valence electrons. The molecule has 1 heterocycles. The topological polar surface area (TPSA) is 50.8 Å². The number of hydrogen-bond donors (Lipinski definition) is 1. The molecule has 5 heteroatoms. The Morgan fingerprint density at radius 2 is 1.89 bits per heavy atom. The molecule has 1 aliphatic carbocycles. The highest BCUT2D eigenvalue weighted by Gasteiger charge is 2.48. The number of anilines is 1. The highest BCUT2D eigenvalue weighted by molar-refractivity contribution is 5.97. The van der Waals surface area contributed by atoms with Gasteiger partial charge in [-0.2, -0.15) is 0 Å². The minimum Gasteiger partial charge on any atom is -0.494 e. The Morgan fingerprint density at radius 3 is 2.52 bits per heavy atom. The summed E-state index contributed by atoms with van der Waals surface area (Å²) < 4.78 is 11.6. The van der Waals surface area contributed by atoms with Crippen LogP contribution in [0.2, 0.25) is 0 Å². The predicted octanol–water partition coefficient (Wildman–Crippen LogP) is 4.09. The van der Waals surface area contributed by atoms with Crippen molar-refractivity contribution in [1.82, 2.24) is 4.90 Å². The third-order valence-electron chi connectivity index (χ3n) is 5.70. The van der Waals surface area contributed by atoms with Gasteiger partial charge in [0.05, 0.1) is 6.61 Å². The number of ether oxygens (including phenoxy) is 2. The lowest BCUT2D eigenvalue weighted by molar-refractivity contribution is -0.141. The molecule has 1 atom stereocenters. The molecule has 3 rings (SSSR count). The number of benzene rings is 1. The predicted molar refractivity (Wildman–Crippen MR) is 108 cm³/mol. The Balaban J connectivity index is 1.42. The maximum absolute atomic E-state index is 12.7. The molecule has 2 aliphatic rings. The van der Waals surface area contributed by atoms with Gasteiger partial charge in [0.1, 0.15) is 11.4 Å². The monoisotopic (exact) mass is 374 g/mol. The molecular formula is C22H34N2O3. The molecule has 1 aliphatic heterocycles. The van der Waals surface area contributed by atoms with Gasteiger partial charge in [0.25, 0.3) is 5.91 Å². The Bertz CT molecular complexity index is 594. The second-order valence-corrected chi connectivity index (χ2v) is 7.90. The number of nitrogens with one attached hydrogen (secondary N) is 1. The molecule has 0 unspecified atom stereocenters. The summed E-state index contributed by atoms with van der Waals surface area (Å²) in [5.41, 5.74) is 0.0607. The molecule has 0 bridgehead atoms. The SMILES string of the molecule is CCO[C@](C)(C(=O)Nc1ccc(OCCCN2CCCCC2)cc1)C1CC1. The Morgan fingerprint density at radius 1 is 1.19 bits per heavy atom. The summed E-state index contributed by atoms with van der Waals surface area (Å²) in [7, 11) is 0. The van der Waals surface area contributed by atoms with E-state index in [4.69, 9.17) is 9.47 Å². The van der Waals surface area contributed by atoms with Crippen LogP contribution >= 0.6 is 0 Å². The zero-order valence-corrected chi connectivity index (χ0v) is 16.8. The summed E-state index contributed by atoms with van der Waals surface area (Å²) >= 11 is 0. The summed E-state index contributed by atoms with van der Waals surface area (Å²) in [5.74, 6) is 1.13. The van der Waals surface area contributed by atoms with Crippen molar-refractivity contribution in [3.63, 3.8) is 0 Å². The Labute approximate surface area is 163 Å². The minimum absolute atomic E-state index is 0.0537. The molecule has 0 aromatic heterocycles. The Kier molecular flexibility index (Phi) is 7.13. The minimum atomic E-state index is -0.724. The van der Waals surface area contributed by atoms with Crippen LogP contribution in [-0.2, 0) is 9.53 Å². The van der Waals surface area contributed by atoms with Gasteiger partial charge in [0.2, 0.25) is 0 Å². The second-order valence-electron chi connectivity index (χ2n) is 7.90. The summed E-state index contributed by atoms with van der Waals surface area (Å²) in [6.07, 6.45) is 7.21. The molecule has 27 heavy (non-hydrogen) atoms. The van der Waals surface area contributed by atoms with Crippen molar-refractivity contribution >= 4 is 11.6 Å². The molecule has 1 amide bonds. The van der Waals surface area contributed by atoms with E-state index in [0.29, 0.717) is 12.5 Å². The van der Waals surface area contributed by atoms with Gasteiger partial charge < -0.3 is 19.7 Å². The third-order valence-corrected chi connectivity index (χ3v) is 5.70. The smallest absolute Gasteiger partial charge is 0.256 e. The molecule has 0 spiro atoms. The van der Waals surface area contributed by atoms with E-state index in [1.165, 1.54) is 32.4 Å². The molecule has 1 saturated carbocycles. The lowest BCUT2D eigenvalue weighted by Gasteiger charge is -2.28. The number of rotatable bonds is 10. The van der Waals surface area contributed by atoms with Crippen LogP contribution in [0.25, 0.3) is 0 Å². The number of amides is 1. The van der Waals surface area contributed by atoms with Gasteiger partial charge in [-0.25, -0.2) is 0 Å². The fraction of sp³-hybridized carbons (Fsp3) is 0.682. The van der Waals surface area contributed by atoms with E-state index >= 15 is 0 Å². The molecular weight excluding hydrogens is 340 g/mol. The standard InChI is InChI=1S/C22H34N2O3/c1-3-27-22(2,18-8-9-18)21(25)23-19-10-12-20(13-11-19)26-17-7-16-24-14-5-4-6-15-24/h10-13,18H,3-9,14-17H2,1-2H3,(H,23,25)/t22-/m0/s1. The van der Waals surface area contributed by atoms with Gasteiger partial charge in [-0.15, -0.1) is 0 Å². The van der Waals surface area contributed by atoms with Crippen molar-refractivity contribution in [1.29, 1.82) is 0 Å². The number of carbonyl (C=O) groups is 1. The number of hydrogen-bond acceptors (Lipinski definition) is 4. The van der Waals surface area contributed by atoms with Crippen molar-refractivity contribution in [2.24, 2.45) is 5.92 Å². The van der Waals surface area contributed by atoms with Crippen molar-refractivity contribution in [2.45, 2.75) is 58.0 Å². The highest BCUT2D eigenvalue weighted by atomic mass is 16.5. The van der Waals surface area contributed by atoms with E-state index < -0.39 is 5.60 Å². The van der Waals surface area contributed by atoms with Crippen LogP contribution in [0.1, 0.15) is 52.4 Å². The third kappa shape index (κ3) is 5.69. The van der Waals surface area contributed by atoms with Gasteiger partial charge in [-0.1, -0.05) is 6.42 Å². The van der Waals surface area contributed by atoms with Crippen LogP contribution in [0, 0.1) is 5.92 Å². The van der Waals surface area contributed by atoms with Crippen molar-refractivity contribution in [2.75, 3.05) is 38.2 Å². The van der Waals surface area contributed by atoms with Gasteiger partial charge >= 0.3 is 0 Å². The first-order chi connectivity index (χ1) is 13.1. The van der Waals surface area contributed by atoms with Crippen LogP contribution < -0.4 is 10.1 Å². The highest BCUT2D eigenvalue weighted by Crippen LogP contribution is 2.42. The van der Waals surface area contributed by atoms with Crippen LogP contribution in [0.3, 0.4) is 0 Å². The maximum atomic E-state index is 12.7. The first-order valence-electron chi connectivity index (χ1n) is 10.5. The van der Waals surface area contributed by atoms with Gasteiger partial charge in [0, 0.05) is 18.8 Å². The summed E-state index contributed by atoms with van der Waals surface area (Å²) in [6, 6.07) is 7.64. The summed E-state index contributed by atoms with van der Waals surface area (Å²) in [4.78, 5) is 15.2. The second kappa shape index (κ2) is 9.56. The largest absolute Gasteiger partial charge is 0.494 e. The molecule has 1 aromatic carbocycles. The number of likely N-dealkylation sites (tertiary alicyclic amines) is 1. The average molecular weight is 375 g/mol. The number of nitrogens with zero attached hydrogens (tertiary/aromatic N) is 1. The molecule has 1 N–H and O–H groups in total.